The lowest BCUT2D eigenvalue weighted by molar-refractivity contribution is -0.286. The summed E-state index contributed by atoms with van der Waals surface area (Å²) in [6.07, 6.45) is 1.82. The van der Waals surface area contributed by atoms with Crippen molar-refractivity contribution in [3.8, 4) is 0 Å². The Labute approximate surface area is 158 Å². The Morgan fingerprint density at radius 3 is 3.04 bits per heavy atom. The van der Waals surface area contributed by atoms with Gasteiger partial charge in [0.1, 0.15) is 0 Å². The zero-order valence-corrected chi connectivity index (χ0v) is 15.8. The molecule has 0 aliphatic carbocycles. The second kappa shape index (κ2) is 6.06. The van der Waals surface area contributed by atoms with Gasteiger partial charge in [-0.2, -0.15) is 0 Å². The third kappa shape index (κ3) is 2.54. The van der Waals surface area contributed by atoms with Crippen molar-refractivity contribution >= 4 is 16.9 Å². The number of carbonyl (C=O) groups excluding carboxylic acids is 1. The molecule has 6 heteroatoms. The quantitative estimate of drug-likeness (QED) is 0.753. The first-order chi connectivity index (χ1) is 13.0. The lowest BCUT2D eigenvalue weighted by Gasteiger charge is -2.54. The molecule has 27 heavy (non-hydrogen) atoms. The van der Waals surface area contributed by atoms with E-state index in [0.29, 0.717) is 0 Å². The number of para-hydroxylation sites is 1. The van der Waals surface area contributed by atoms with E-state index in [0.717, 1.165) is 25.9 Å². The number of methoxy groups -OCH3 is 1. The first kappa shape index (κ1) is 17.2. The van der Waals surface area contributed by atoms with Crippen LogP contribution in [0.3, 0.4) is 0 Å². The van der Waals surface area contributed by atoms with Crippen LogP contribution in [0, 0.1) is 17.8 Å². The van der Waals surface area contributed by atoms with Gasteiger partial charge in [-0.05, 0) is 37.3 Å². The fourth-order valence-corrected chi connectivity index (χ4v) is 5.56. The molecule has 2 N–H and O–H groups in total. The zero-order valence-electron chi connectivity index (χ0n) is 15.8. The molecule has 0 radical (unpaired) electrons. The number of fused-ring (bicyclic) bond motifs is 6. The number of carbonyl (C=O) groups is 1. The molecule has 0 unspecified atom stereocenters. The molecule has 0 bridgehead atoms. The minimum atomic E-state index is -1.21. The number of rotatable bonds is 1. The molecule has 2 aromatic rings. The van der Waals surface area contributed by atoms with E-state index in [1.54, 1.807) is 6.92 Å². The Morgan fingerprint density at radius 2 is 2.22 bits per heavy atom. The molecule has 3 aliphatic heterocycles. The summed E-state index contributed by atoms with van der Waals surface area (Å²) in [5.41, 5.74) is 3.85. The third-order valence-corrected chi connectivity index (χ3v) is 6.98. The van der Waals surface area contributed by atoms with Crippen LogP contribution >= 0.6 is 0 Å². The predicted molar refractivity (Wildman–Crippen MR) is 100.0 cm³/mol. The largest absolute Gasteiger partial charge is 0.469 e. The molecule has 4 heterocycles. The van der Waals surface area contributed by atoms with Crippen LogP contribution in [0.4, 0.5) is 0 Å². The van der Waals surface area contributed by atoms with E-state index in [2.05, 4.69) is 34.1 Å². The Morgan fingerprint density at radius 1 is 1.41 bits per heavy atom. The molecule has 6 nitrogen and oxygen atoms in total. The molecule has 144 valence electrons. The van der Waals surface area contributed by atoms with Crippen LogP contribution < -0.4 is 0 Å². The van der Waals surface area contributed by atoms with Gasteiger partial charge in [-0.25, -0.2) is 0 Å². The second-order valence-corrected chi connectivity index (χ2v) is 8.32. The third-order valence-electron chi connectivity index (χ3n) is 6.98. The average Bonchev–Trinajstić information content (AvgIpc) is 3.06. The van der Waals surface area contributed by atoms with Gasteiger partial charge in [0.15, 0.2) is 5.79 Å². The Bertz CT molecular complexity index is 889. The number of benzene rings is 1. The van der Waals surface area contributed by atoms with Gasteiger partial charge in [-0.3, -0.25) is 9.69 Å². The van der Waals surface area contributed by atoms with Crippen LogP contribution in [-0.2, 0) is 20.7 Å². The summed E-state index contributed by atoms with van der Waals surface area (Å²) in [7, 11) is 1.43. The zero-order chi connectivity index (χ0) is 18.8. The summed E-state index contributed by atoms with van der Waals surface area (Å²) in [5.74, 6) is -1.82. The summed E-state index contributed by atoms with van der Waals surface area (Å²) in [6, 6.07) is 8.69. The van der Waals surface area contributed by atoms with Crippen molar-refractivity contribution in [2.75, 3.05) is 26.8 Å². The van der Waals surface area contributed by atoms with Crippen LogP contribution in [0.15, 0.2) is 24.3 Å². The molecular weight excluding hydrogens is 344 g/mol. The van der Waals surface area contributed by atoms with Gasteiger partial charge in [-0.15, -0.1) is 0 Å². The van der Waals surface area contributed by atoms with Crippen molar-refractivity contribution in [1.82, 2.24) is 9.88 Å². The standard InChI is InChI=1S/C21H26N2O4/c1-21(25)16-10-23-8-7-13-12-5-3-4-6-17(12)22-19(13)18(23)9-14(16)15(11-27-21)20(24)26-2/h3-6,14-16,18,22,25H,7-11H2,1-2H3/t14-,15+,16+,18+,21-/m1/s1. The smallest absolute Gasteiger partial charge is 0.311 e. The maximum atomic E-state index is 12.4. The fraction of sp³-hybridized carbons (Fsp3) is 0.571. The van der Waals surface area contributed by atoms with Crippen LogP contribution in [0.25, 0.3) is 10.9 Å². The lowest BCUT2D eigenvalue weighted by atomic mass is 9.68. The van der Waals surface area contributed by atoms with E-state index in [4.69, 9.17) is 9.47 Å². The van der Waals surface area contributed by atoms with E-state index >= 15 is 0 Å². The number of nitrogens with one attached hydrogen (secondary N) is 1. The van der Waals surface area contributed by atoms with Gasteiger partial charge in [0.05, 0.1) is 25.7 Å². The molecule has 5 rings (SSSR count). The van der Waals surface area contributed by atoms with E-state index in [1.807, 2.05) is 0 Å². The highest BCUT2D eigenvalue weighted by atomic mass is 16.6. The Hall–Kier alpha value is -1.89. The summed E-state index contributed by atoms with van der Waals surface area (Å²) in [4.78, 5) is 18.5. The topological polar surface area (TPSA) is 74.8 Å². The first-order valence-corrected chi connectivity index (χ1v) is 9.77. The highest BCUT2D eigenvalue weighted by Gasteiger charge is 2.54. The molecule has 0 amide bonds. The van der Waals surface area contributed by atoms with E-state index in [1.165, 1.54) is 29.3 Å². The number of hydrogen-bond acceptors (Lipinski definition) is 5. The maximum Gasteiger partial charge on any atom is 0.311 e. The highest BCUT2D eigenvalue weighted by Crippen LogP contribution is 2.50. The average molecular weight is 370 g/mol. The number of hydrogen-bond donors (Lipinski definition) is 2. The van der Waals surface area contributed by atoms with Crippen molar-refractivity contribution in [3.63, 3.8) is 0 Å². The minimum absolute atomic E-state index is 0.0415. The van der Waals surface area contributed by atoms with Gasteiger partial charge in [0.2, 0.25) is 0 Å². The van der Waals surface area contributed by atoms with Crippen LogP contribution in [0.2, 0.25) is 0 Å². The van der Waals surface area contributed by atoms with Gasteiger partial charge >= 0.3 is 5.97 Å². The highest BCUT2D eigenvalue weighted by molar-refractivity contribution is 5.85. The normalized spacial score (nSPS) is 36.0. The Kier molecular flexibility index (Phi) is 3.86. The number of nitrogens with zero attached hydrogens (tertiary/aromatic N) is 1. The van der Waals surface area contributed by atoms with Crippen molar-refractivity contribution in [2.24, 2.45) is 17.8 Å². The number of esters is 1. The molecule has 2 saturated heterocycles. The Balaban J connectivity index is 1.54. The monoisotopic (exact) mass is 370 g/mol. The van der Waals surface area contributed by atoms with Crippen LogP contribution in [0.1, 0.15) is 30.6 Å². The van der Waals surface area contributed by atoms with Gasteiger partial charge in [0.25, 0.3) is 0 Å². The van der Waals surface area contributed by atoms with E-state index < -0.39 is 5.79 Å². The molecule has 0 spiro atoms. The number of aromatic nitrogens is 1. The summed E-state index contributed by atoms with van der Waals surface area (Å²) >= 11 is 0. The first-order valence-electron chi connectivity index (χ1n) is 9.77. The molecular formula is C21H26N2O4. The summed E-state index contributed by atoms with van der Waals surface area (Å²) in [6.45, 7) is 3.64. The van der Waals surface area contributed by atoms with Crippen molar-refractivity contribution in [3.05, 3.63) is 35.5 Å². The van der Waals surface area contributed by atoms with Crippen LogP contribution in [0.5, 0.6) is 0 Å². The van der Waals surface area contributed by atoms with Crippen molar-refractivity contribution in [1.29, 1.82) is 0 Å². The molecule has 3 aliphatic rings. The molecule has 1 aromatic carbocycles. The number of ether oxygens (including phenoxy) is 2. The molecule has 0 saturated carbocycles. The number of aliphatic hydroxyl groups is 1. The van der Waals surface area contributed by atoms with E-state index in [9.17, 15) is 9.90 Å². The second-order valence-electron chi connectivity index (χ2n) is 8.32. The molecule has 2 fully saturated rings. The fourth-order valence-electron chi connectivity index (χ4n) is 5.56. The van der Waals surface area contributed by atoms with Gasteiger partial charge in [0, 0.05) is 35.6 Å². The SMILES string of the molecule is COC(=O)[C@H]1CO[C@@](C)(O)[C@H]2CN3CCc4c([nH]c5ccccc45)[C@@H]3C[C@H]12. The van der Waals surface area contributed by atoms with Crippen LogP contribution in [-0.4, -0.2) is 53.6 Å². The minimum Gasteiger partial charge on any atom is -0.469 e. The molecule has 1 aromatic heterocycles. The number of piperidine rings is 1. The van der Waals surface area contributed by atoms with Gasteiger partial charge < -0.3 is 19.6 Å². The predicted octanol–water partition coefficient (Wildman–Crippen LogP) is 2.23. The summed E-state index contributed by atoms with van der Waals surface area (Å²) in [5, 5.41) is 12.1. The van der Waals surface area contributed by atoms with Crippen molar-refractivity contribution < 1.29 is 19.4 Å². The number of H-pyrrole nitrogens is 1. The summed E-state index contributed by atoms with van der Waals surface area (Å²) < 4.78 is 10.7. The lowest BCUT2D eigenvalue weighted by Crippen LogP contribution is -2.60. The van der Waals surface area contributed by atoms with Gasteiger partial charge in [-0.1, -0.05) is 18.2 Å². The van der Waals surface area contributed by atoms with Crippen molar-refractivity contribution in [2.45, 2.75) is 31.6 Å². The molecule has 5 atom stereocenters. The number of aromatic amines is 1. The maximum absolute atomic E-state index is 12.4. The van der Waals surface area contributed by atoms with E-state index in [-0.39, 0.29) is 36.4 Å².